The van der Waals surface area contributed by atoms with Crippen LogP contribution in [0.2, 0.25) is 0 Å². The standard InChI is InChI=1S/C18H14N2O/c21-13-16-11-12-19-18(20-16)17(14-7-3-1-4-8-14)15-9-5-2-6-10-15/h1-13,17H. The number of aromatic nitrogens is 2. The van der Waals surface area contributed by atoms with Crippen molar-refractivity contribution in [3.63, 3.8) is 0 Å². The first kappa shape index (κ1) is 13.2. The fraction of sp³-hybridized carbons (Fsp3) is 0.0556. The lowest BCUT2D eigenvalue weighted by Crippen LogP contribution is -2.09. The van der Waals surface area contributed by atoms with E-state index in [9.17, 15) is 4.79 Å². The van der Waals surface area contributed by atoms with Crippen molar-refractivity contribution in [1.82, 2.24) is 9.97 Å². The summed E-state index contributed by atoms with van der Waals surface area (Å²) >= 11 is 0. The number of hydrogen-bond donors (Lipinski definition) is 0. The maximum atomic E-state index is 11.0. The van der Waals surface area contributed by atoms with Crippen LogP contribution < -0.4 is 0 Å². The molecule has 0 saturated heterocycles. The molecule has 0 bridgehead atoms. The molecule has 0 aliphatic heterocycles. The summed E-state index contributed by atoms with van der Waals surface area (Å²) in [5.41, 5.74) is 2.61. The fourth-order valence-electron chi connectivity index (χ4n) is 2.37. The first-order valence-electron chi connectivity index (χ1n) is 6.76. The second-order valence-corrected chi connectivity index (χ2v) is 4.71. The van der Waals surface area contributed by atoms with Crippen LogP contribution >= 0.6 is 0 Å². The van der Waals surface area contributed by atoms with Crippen LogP contribution in [0.15, 0.2) is 72.9 Å². The molecule has 3 nitrogen and oxygen atoms in total. The third kappa shape index (κ3) is 2.87. The van der Waals surface area contributed by atoms with Gasteiger partial charge in [-0.25, -0.2) is 9.97 Å². The molecule has 0 aliphatic rings. The number of rotatable bonds is 4. The molecule has 0 spiro atoms. The van der Waals surface area contributed by atoms with E-state index < -0.39 is 0 Å². The predicted molar refractivity (Wildman–Crippen MR) is 81.2 cm³/mol. The van der Waals surface area contributed by atoms with Gasteiger partial charge in [-0.15, -0.1) is 0 Å². The topological polar surface area (TPSA) is 42.9 Å². The third-order valence-electron chi connectivity index (χ3n) is 3.34. The summed E-state index contributed by atoms with van der Waals surface area (Å²) in [7, 11) is 0. The van der Waals surface area contributed by atoms with Gasteiger partial charge in [0, 0.05) is 6.20 Å². The van der Waals surface area contributed by atoms with Gasteiger partial charge in [-0.3, -0.25) is 4.79 Å². The van der Waals surface area contributed by atoms with Gasteiger partial charge in [-0.2, -0.15) is 0 Å². The van der Waals surface area contributed by atoms with Crippen LogP contribution in [0.3, 0.4) is 0 Å². The number of nitrogens with zero attached hydrogens (tertiary/aromatic N) is 2. The molecule has 1 aromatic heterocycles. The second-order valence-electron chi connectivity index (χ2n) is 4.71. The average molecular weight is 274 g/mol. The Bertz CT molecular complexity index is 687. The van der Waals surface area contributed by atoms with E-state index in [4.69, 9.17) is 0 Å². The van der Waals surface area contributed by atoms with Crippen molar-refractivity contribution in [1.29, 1.82) is 0 Å². The minimum atomic E-state index is -0.0766. The number of aldehydes is 1. The van der Waals surface area contributed by atoms with Gasteiger partial charge in [0.25, 0.3) is 0 Å². The van der Waals surface area contributed by atoms with Crippen LogP contribution in [0.4, 0.5) is 0 Å². The van der Waals surface area contributed by atoms with Crippen LogP contribution in [0.1, 0.15) is 33.4 Å². The lowest BCUT2D eigenvalue weighted by molar-refractivity contribution is 0.111. The largest absolute Gasteiger partial charge is 0.296 e. The summed E-state index contributed by atoms with van der Waals surface area (Å²) in [6.07, 6.45) is 2.38. The fourth-order valence-corrected chi connectivity index (χ4v) is 2.37. The van der Waals surface area contributed by atoms with Crippen molar-refractivity contribution in [2.45, 2.75) is 5.92 Å². The zero-order valence-corrected chi connectivity index (χ0v) is 11.4. The molecule has 3 heteroatoms. The highest BCUT2D eigenvalue weighted by atomic mass is 16.1. The third-order valence-corrected chi connectivity index (χ3v) is 3.34. The van der Waals surface area contributed by atoms with Gasteiger partial charge in [-0.1, -0.05) is 60.7 Å². The SMILES string of the molecule is O=Cc1ccnc(C(c2ccccc2)c2ccccc2)n1. The summed E-state index contributed by atoms with van der Waals surface area (Å²) in [4.78, 5) is 19.7. The molecule has 0 radical (unpaired) electrons. The number of hydrogen-bond acceptors (Lipinski definition) is 3. The van der Waals surface area contributed by atoms with E-state index in [0.717, 1.165) is 17.4 Å². The highest BCUT2D eigenvalue weighted by Gasteiger charge is 2.19. The maximum Gasteiger partial charge on any atom is 0.168 e. The molecule has 3 aromatic rings. The van der Waals surface area contributed by atoms with Crippen LogP contribution in [-0.4, -0.2) is 16.3 Å². The highest BCUT2D eigenvalue weighted by molar-refractivity contribution is 5.71. The Morgan fingerprint density at radius 3 is 1.90 bits per heavy atom. The predicted octanol–water partition coefficient (Wildman–Crippen LogP) is 3.47. The Kier molecular flexibility index (Phi) is 3.83. The van der Waals surface area contributed by atoms with E-state index in [-0.39, 0.29) is 5.92 Å². The minimum Gasteiger partial charge on any atom is -0.296 e. The minimum absolute atomic E-state index is 0.0766. The molecule has 21 heavy (non-hydrogen) atoms. The molecule has 0 N–H and O–H groups in total. The molecule has 3 rings (SSSR count). The van der Waals surface area contributed by atoms with Crippen molar-refractivity contribution < 1.29 is 4.79 Å². The van der Waals surface area contributed by atoms with E-state index in [1.807, 2.05) is 36.4 Å². The highest BCUT2D eigenvalue weighted by Crippen LogP contribution is 2.29. The van der Waals surface area contributed by atoms with Gasteiger partial charge in [0.05, 0.1) is 5.92 Å². The summed E-state index contributed by atoms with van der Waals surface area (Å²) in [6, 6.07) is 21.8. The van der Waals surface area contributed by atoms with Gasteiger partial charge in [0.15, 0.2) is 6.29 Å². The Morgan fingerprint density at radius 1 is 0.810 bits per heavy atom. The van der Waals surface area contributed by atoms with E-state index >= 15 is 0 Å². The first-order chi connectivity index (χ1) is 10.4. The normalized spacial score (nSPS) is 10.5. The zero-order chi connectivity index (χ0) is 14.5. The molecular weight excluding hydrogens is 260 g/mol. The second kappa shape index (κ2) is 6.09. The summed E-state index contributed by atoms with van der Waals surface area (Å²) in [6.45, 7) is 0. The van der Waals surface area contributed by atoms with Gasteiger partial charge in [-0.05, 0) is 17.2 Å². The molecule has 102 valence electrons. The number of carbonyl (C=O) groups excluding carboxylic acids is 1. The summed E-state index contributed by atoms with van der Waals surface area (Å²) in [5.74, 6) is 0.560. The number of carbonyl (C=O) groups is 1. The Morgan fingerprint density at radius 2 is 1.38 bits per heavy atom. The Hall–Kier alpha value is -2.81. The molecule has 0 fully saturated rings. The molecule has 1 heterocycles. The van der Waals surface area contributed by atoms with Crippen molar-refractivity contribution in [3.05, 3.63) is 95.6 Å². The molecule has 0 unspecified atom stereocenters. The molecule has 2 aromatic carbocycles. The van der Waals surface area contributed by atoms with Crippen molar-refractivity contribution >= 4 is 6.29 Å². The van der Waals surface area contributed by atoms with Crippen LogP contribution in [-0.2, 0) is 0 Å². The molecular formula is C18H14N2O. The van der Waals surface area contributed by atoms with Gasteiger partial charge in [0.2, 0.25) is 0 Å². The maximum absolute atomic E-state index is 11.0. The van der Waals surface area contributed by atoms with E-state index in [1.54, 1.807) is 12.3 Å². The summed E-state index contributed by atoms with van der Waals surface area (Å²) < 4.78 is 0. The molecule has 0 saturated carbocycles. The number of benzene rings is 2. The van der Waals surface area contributed by atoms with E-state index in [1.165, 1.54) is 0 Å². The quantitative estimate of drug-likeness (QED) is 0.684. The van der Waals surface area contributed by atoms with Gasteiger partial charge >= 0.3 is 0 Å². The average Bonchev–Trinajstić information content (AvgIpc) is 2.57. The van der Waals surface area contributed by atoms with Crippen molar-refractivity contribution in [2.75, 3.05) is 0 Å². The van der Waals surface area contributed by atoms with Crippen molar-refractivity contribution in [2.24, 2.45) is 0 Å². The smallest absolute Gasteiger partial charge is 0.168 e. The van der Waals surface area contributed by atoms with E-state index in [2.05, 4.69) is 34.2 Å². The lowest BCUT2D eigenvalue weighted by atomic mass is 9.90. The van der Waals surface area contributed by atoms with Crippen molar-refractivity contribution in [3.8, 4) is 0 Å². The van der Waals surface area contributed by atoms with Gasteiger partial charge in [0.1, 0.15) is 11.5 Å². The lowest BCUT2D eigenvalue weighted by Gasteiger charge is -2.16. The summed E-state index contributed by atoms with van der Waals surface area (Å²) in [5, 5.41) is 0. The van der Waals surface area contributed by atoms with Crippen LogP contribution in [0.25, 0.3) is 0 Å². The first-order valence-corrected chi connectivity index (χ1v) is 6.76. The zero-order valence-electron chi connectivity index (χ0n) is 11.4. The molecule has 0 atom stereocenters. The van der Waals surface area contributed by atoms with Crippen LogP contribution in [0, 0.1) is 0 Å². The molecule has 0 amide bonds. The Labute approximate surface area is 123 Å². The van der Waals surface area contributed by atoms with Gasteiger partial charge < -0.3 is 0 Å². The van der Waals surface area contributed by atoms with E-state index in [0.29, 0.717) is 11.5 Å². The monoisotopic (exact) mass is 274 g/mol. The van der Waals surface area contributed by atoms with Crippen LogP contribution in [0.5, 0.6) is 0 Å². The Balaban J connectivity index is 2.14. The molecule has 0 aliphatic carbocycles.